The van der Waals surface area contributed by atoms with Crippen LogP contribution in [0, 0.1) is 0 Å². The van der Waals surface area contributed by atoms with E-state index in [1.165, 1.54) is 5.56 Å². The van der Waals surface area contributed by atoms with Crippen molar-refractivity contribution in [1.29, 1.82) is 0 Å². The minimum atomic E-state index is 0.0514. The number of nitrogens with one attached hydrogen (secondary N) is 1. The van der Waals surface area contributed by atoms with Crippen molar-refractivity contribution in [3.05, 3.63) is 65.4 Å². The Labute approximate surface area is 135 Å². The average molecular weight is 308 g/mol. The van der Waals surface area contributed by atoms with Gasteiger partial charge in [-0.1, -0.05) is 24.3 Å². The summed E-state index contributed by atoms with van der Waals surface area (Å²) in [4.78, 5) is 14.9. The quantitative estimate of drug-likeness (QED) is 0.685. The molecule has 0 saturated carbocycles. The predicted molar refractivity (Wildman–Crippen MR) is 91.8 cm³/mol. The number of hydrogen-bond donors (Lipinski definition) is 2. The van der Waals surface area contributed by atoms with Gasteiger partial charge in [0.05, 0.1) is 0 Å². The monoisotopic (exact) mass is 308 g/mol. The van der Waals surface area contributed by atoms with E-state index in [4.69, 9.17) is 10.5 Å². The summed E-state index contributed by atoms with van der Waals surface area (Å²) in [6.07, 6.45) is 2.82. The zero-order valence-corrected chi connectivity index (χ0v) is 13.1. The Bertz CT molecular complexity index is 836. The molecule has 0 unspecified atom stereocenters. The highest BCUT2D eigenvalue weighted by Gasteiger charge is 2.08. The van der Waals surface area contributed by atoms with Gasteiger partial charge in [0.25, 0.3) is 0 Å². The van der Waals surface area contributed by atoms with Gasteiger partial charge in [0.2, 0.25) is 0 Å². The molecule has 0 aliphatic rings. The highest BCUT2D eigenvalue weighted by atomic mass is 16.5. The summed E-state index contributed by atoms with van der Waals surface area (Å²) in [7, 11) is 0. The van der Waals surface area contributed by atoms with Gasteiger partial charge in [0, 0.05) is 28.2 Å². The molecule has 23 heavy (non-hydrogen) atoms. The number of benzene rings is 2. The minimum Gasteiger partial charge on any atom is -0.489 e. The molecule has 0 radical (unpaired) electrons. The molecule has 0 spiro atoms. The maximum atomic E-state index is 11.7. The van der Waals surface area contributed by atoms with E-state index < -0.39 is 0 Å². The number of H-pyrrole nitrogens is 1. The van der Waals surface area contributed by atoms with Gasteiger partial charge in [-0.25, -0.2) is 0 Å². The summed E-state index contributed by atoms with van der Waals surface area (Å²) in [5.74, 6) is 0.837. The molecule has 0 amide bonds. The lowest BCUT2D eigenvalue weighted by Crippen LogP contribution is -2.03. The normalized spacial score (nSPS) is 10.9. The fraction of sp³-hybridized carbons (Fsp3) is 0.211. The molecule has 4 heteroatoms. The first-order valence-electron chi connectivity index (χ1n) is 7.71. The van der Waals surface area contributed by atoms with E-state index in [-0.39, 0.29) is 5.78 Å². The number of aromatic amines is 1. The fourth-order valence-electron chi connectivity index (χ4n) is 2.76. The van der Waals surface area contributed by atoms with Crippen LogP contribution in [0.3, 0.4) is 0 Å². The van der Waals surface area contributed by atoms with Gasteiger partial charge in [-0.15, -0.1) is 0 Å². The van der Waals surface area contributed by atoms with Crippen molar-refractivity contribution in [2.75, 3.05) is 6.54 Å². The summed E-state index contributed by atoms with van der Waals surface area (Å²) < 4.78 is 5.90. The van der Waals surface area contributed by atoms with Crippen LogP contribution in [-0.4, -0.2) is 17.3 Å². The minimum absolute atomic E-state index is 0.0514. The molecule has 0 bridgehead atoms. The summed E-state index contributed by atoms with van der Waals surface area (Å²) in [5, 5.41) is 1.13. The van der Waals surface area contributed by atoms with Crippen LogP contribution in [0.2, 0.25) is 0 Å². The molecule has 3 aromatic rings. The highest BCUT2D eigenvalue weighted by Crippen LogP contribution is 2.25. The van der Waals surface area contributed by atoms with Crippen molar-refractivity contribution in [2.45, 2.75) is 20.0 Å². The van der Waals surface area contributed by atoms with Gasteiger partial charge in [0.15, 0.2) is 5.78 Å². The van der Waals surface area contributed by atoms with Gasteiger partial charge >= 0.3 is 0 Å². The average Bonchev–Trinajstić information content (AvgIpc) is 2.96. The van der Waals surface area contributed by atoms with Crippen LogP contribution in [-0.2, 0) is 13.0 Å². The van der Waals surface area contributed by atoms with Gasteiger partial charge in [-0.3, -0.25) is 4.79 Å². The van der Waals surface area contributed by atoms with Gasteiger partial charge in [-0.2, -0.15) is 0 Å². The lowest BCUT2D eigenvalue weighted by molar-refractivity contribution is 0.101. The van der Waals surface area contributed by atoms with Crippen LogP contribution in [0.25, 0.3) is 10.9 Å². The van der Waals surface area contributed by atoms with E-state index in [0.717, 1.165) is 28.6 Å². The Morgan fingerprint density at radius 3 is 2.78 bits per heavy atom. The van der Waals surface area contributed by atoms with Crippen LogP contribution in [0.1, 0.15) is 28.4 Å². The molecule has 0 saturated heterocycles. The van der Waals surface area contributed by atoms with Crippen LogP contribution in [0.5, 0.6) is 5.75 Å². The first-order valence-corrected chi connectivity index (χ1v) is 7.71. The number of rotatable bonds is 6. The molecule has 0 atom stereocenters. The van der Waals surface area contributed by atoms with Gasteiger partial charge in [-0.05, 0) is 43.7 Å². The Morgan fingerprint density at radius 2 is 2.00 bits per heavy atom. The molecule has 1 heterocycles. The van der Waals surface area contributed by atoms with Crippen molar-refractivity contribution >= 4 is 16.7 Å². The lowest BCUT2D eigenvalue weighted by atomic mass is 10.1. The molecule has 3 N–H and O–H groups in total. The van der Waals surface area contributed by atoms with Crippen molar-refractivity contribution in [2.24, 2.45) is 5.73 Å². The third-order valence-electron chi connectivity index (χ3n) is 3.94. The molecule has 4 nitrogen and oxygen atoms in total. The Balaban J connectivity index is 1.82. The van der Waals surface area contributed by atoms with Crippen LogP contribution in [0.4, 0.5) is 0 Å². The molecular weight excluding hydrogens is 288 g/mol. The molecule has 2 aromatic carbocycles. The van der Waals surface area contributed by atoms with Crippen molar-refractivity contribution < 1.29 is 9.53 Å². The Hall–Kier alpha value is -2.59. The SMILES string of the molecule is CC(=O)c1ccccc1COc1ccc2[nH]cc(CCN)c2c1. The van der Waals surface area contributed by atoms with Crippen molar-refractivity contribution in [3.63, 3.8) is 0 Å². The number of fused-ring (bicyclic) bond motifs is 1. The molecule has 0 aliphatic heterocycles. The second kappa shape index (κ2) is 6.67. The molecule has 1 aromatic heterocycles. The third kappa shape index (κ3) is 3.27. The predicted octanol–water partition coefficient (Wildman–Crippen LogP) is 3.45. The van der Waals surface area contributed by atoms with Crippen molar-refractivity contribution in [3.8, 4) is 5.75 Å². The van der Waals surface area contributed by atoms with E-state index in [0.29, 0.717) is 18.7 Å². The summed E-state index contributed by atoms with van der Waals surface area (Å²) in [6.45, 7) is 2.56. The summed E-state index contributed by atoms with van der Waals surface area (Å²) >= 11 is 0. The van der Waals surface area contributed by atoms with Crippen molar-refractivity contribution in [1.82, 2.24) is 4.98 Å². The highest BCUT2D eigenvalue weighted by molar-refractivity contribution is 5.95. The summed E-state index contributed by atoms with van der Waals surface area (Å²) in [5.41, 5.74) is 9.52. The number of hydrogen-bond acceptors (Lipinski definition) is 3. The van der Waals surface area contributed by atoms with E-state index >= 15 is 0 Å². The first kappa shape index (κ1) is 15.3. The maximum absolute atomic E-state index is 11.7. The van der Waals surface area contributed by atoms with E-state index in [1.54, 1.807) is 6.92 Å². The van der Waals surface area contributed by atoms with Gasteiger partial charge in [0.1, 0.15) is 12.4 Å². The van der Waals surface area contributed by atoms with Gasteiger partial charge < -0.3 is 15.5 Å². The Kier molecular flexibility index (Phi) is 4.44. The van der Waals surface area contributed by atoms with Crippen LogP contribution in [0.15, 0.2) is 48.7 Å². The maximum Gasteiger partial charge on any atom is 0.160 e. The number of nitrogens with two attached hydrogens (primary N) is 1. The summed E-state index contributed by atoms with van der Waals surface area (Å²) in [6, 6.07) is 13.5. The van der Waals surface area contributed by atoms with E-state index in [2.05, 4.69) is 4.98 Å². The Morgan fingerprint density at radius 1 is 1.17 bits per heavy atom. The topological polar surface area (TPSA) is 68.1 Å². The third-order valence-corrected chi connectivity index (χ3v) is 3.94. The molecule has 3 rings (SSSR count). The standard InChI is InChI=1S/C19H20N2O2/c1-13(22)17-5-3-2-4-15(17)12-23-16-6-7-19-18(10-16)14(8-9-20)11-21-19/h2-7,10-11,21H,8-9,12,20H2,1H3. The smallest absolute Gasteiger partial charge is 0.160 e. The number of ketones is 1. The molecular formula is C19H20N2O2. The first-order chi connectivity index (χ1) is 11.2. The van der Waals surface area contributed by atoms with E-state index in [9.17, 15) is 4.79 Å². The van der Waals surface area contributed by atoms with E-state index in [1.807, 2.05) is 48.7 Å². The molecule has 0 aliphatic carbocycles. The number of carbonyl (C=O) groups is 1. The number of aromatic nitrogens is 1. The zero-order valence-electron chi connectivity index (χ0n) is 13.1. The fourth-order valence-corrected chi connectivity index (χ4v) is 2.76. The largest absolute Gasteiger partial charge is 0.489 e. The molecule has 0 fully saturated rings. The van der Waals surface area contributed by atoms with Crippen LogP contribution < -0.4 is 10.5 Å². The zero-order chi connectivity index (χ0) is 16.2. The second-order valence-corrected chi connectivity index (χ2v) is 5.56. The van der Waals surface area contributed by atoms with Crippen LogP contribution >= 0.6 is 0 Å². The number of Topliss-reactive ketones (excluding diaryl/α,β-unsaturated/α-hetero) is 1. The number of carbonyl (C=O) groups excluding carboxylic acids is 1. The number of ether oxygens (including phenoxy) is 1. The lowest BCUT2D eigenvalue weighted by Gasteiger charge is -2.10. The molecule has 118 valence electrons. The second-order valence-electron chi connectivity index (χ2n) is 5.56.